The normalized spacial score (nSPS) is 11.2. The highest BCUT2D eigenvalue weighted by atomic mass is 35.5. The van der Waals surface area contributed by atoms with E-state index in [1.165, 1.54) is 18.2 Å². The summed E-state index contributed by atoms with van der Waals surface area (Å²) in [5, 5.41) is 35.7. The van der Waals surface area contributed by atoms with Crippen LogP contribution in [-0.4, -0.2) is 54.1 Å². The molecule has 0 spiro atoms. The average molecular weight is 844 g/mol. The molecule has 294 valence electrons. The summed E-state index contributed by atoms with van der Waals surface area (Å²) in [5.74, 6) is 2.64. The number of rotatable bonds is 9. The second-order valence-corrected chi connectivity index (χ2v) is 16.0. The molecule has 0 fully saturated rings. The molecule has 4 N–H and O–H groups in total. The summed E-state index contributed by atoms with van der Waals surface area (Å²) >= 11 is 12.5. The largest absolute Gasteiger partial charge is 0.508 e. The van der Waals surface area contributed by atoms with E-state index in [0.29, 0.717) is 44.5 Å². The number of nitrogens with one attached hydrogen (secondary N) is 2. The number of phenols is 2. The predicted molar refractivity (Wildman–Crippen MR) is 229 cm³/mol. The number of nitrogens with zero attached hydrogens (tertiary/aromatic N) is 6. The predicted octanol–water partition coefficient (Wildman–Crippen LogP) is 10.2. The molecule has 16 heteroatoms. The molecule has 9 aromatic rings. The zero-order valence-corrected chi connectivity index (χ0v) is 33.2. The number of hydrogen-bond acceptors (Lipinski definition) is 11. The first-order valence-electron chi connectivity index (χ1n) is 17.8. The van der Waals surface area contributed by atoms with Crippen LogP contribution >= 0.6 is 23.2 Å². The van der Waals surface area contributed by atoms with E-state index >= 15 is 0 Å². The molecule has 0 saturated carbocycles. The minimum Gasteiger partial charge on any atom is -0.508 e. The van der Waals surface area contributed by atoms with Gasteiger partial charge in [0.2, 0.25) is 11.9 Å². The van der Waals surface area contributed by atoms with Gasteiger partial charge in [0.15, 0.2) is 21.1 Å². The fourth-order valence-electron chi connectivity index (χ4n) is 5.93. The quantitative estimate of drug-likeness (QED) is 0.109. The molecule has 59 heavy (non-hydrogen) atoms. The van der Waals surface area contributed by atoms with E-state index < -0.39 is 9.84 Å². The van der Waals surface area contributed by atoms with Crippen LogP contribution in [0.25, 0.3) is 33.5 Å². The Balaban J connectivity index is 0.000000165. The summed E-state index contributed by atoms with van der Waals surface area (Å²) in [7, 11) is -3.24. The van der Waals surface area contributed by atoms with Gasteiger partial charge in [-0.05, 0) is 121 Å². The third-order valence-electron chi connectivity index (χ3n) is 8.81. The Labute approximate surface area is 347 Å². The van der Waals surface area contributed by atoms with Crippen molar-refractivity contribution in [1.29, 1.82) is 0 Å². The van der Waals surface area contributed by atoms with Gasteiger partial charge in [0.05, 0.1) is 4.90 Å². The second-order valence-electron chi connectivity index (χ2n) is 13.1. The minimum atomic E-state index is -3.24. The van der Waals surface area contributed by atoms with Gasteiger partial charge in [-0.25, -0.2) is 17.4 Å². The van der Waals surface area contributed by atoms with Crippen LogP contribution in [0.2, 0.25) is 10.0 Å². The SMILES string of the molecule is CS(=O)(=O)c1ccc(Nc2nc3ccc(-c4cc(O)ccc4Cl)cn3n2)cc1.Oc1ccc(Cl)c(-c2ccc3nc(Nc4ccc(Oc5ccccc5)cc4)nn3c2)c1. The lowest BCUT2D eigenvalue weighted by molar-refractivity contribution is 0.475. The van der Waals surface area contributed by atoms with Gasteiger partial charge in [-0.2, -0.15) is 9.97 Å². The molecule has 0 bridgehead atoms. The number of para-hydroxylation sites is 1. The van der Waals surface area contributed by atoms with Gasteiger partial charge < -0.3 is 25.6 Å². The molecule has 0 aliphatic heterocycles. The number of benzene rings is 5. The van der Waals surface area contributed by atoms with Crippen LogP contribution < -0.4 is 15.4 Å². The summed E-state index contributed by atoms with van der Waals surface area (Å²) < 4.78 is 32.2. The maximum Gasteiger partial charge on any atom is 0.247 e. The van der Waals surface area contributed by atoms with E-state index in [1.54, 1.807) is 63.8 Å². The van der Waals surface area contributed by atoms with Crippen molar-refractivity contribution in [3.8, 4) is 45.3 Å². The lowest BCUT2D eigenvalue weighted by atomic mass is 10.1. The number of aromatic nitrogens is 6. The Morgan fingerprint density at radius 3 is 1.51 bits per heavy atom. The van der Waals surface area contributed by atoms with Gasteiger partial charge in [0.1, 0.15) is 23.0 Å². The van der Waals surface area contributed by atoms with Crippen molar-refractivity contribution < 1.29 is 23.4 Å². The van der Waals surface area contributed by atoms with E-state index in [9.17, 15) is 18.6 Å². The lowest BCUT2D eigenvalue weighted by Gasteiger charge is -2.06. The van der Waals surface area contributed by atoms with Crippen molar-refractivity contribution in [1.82, 2.24) is 29.2 Å². The van der Waals surface area contributed by atoms with Crippen LogP contribution in [0.1, 0.15) is 0 Å². The van der Waals surface area contributed by atoms with Gasteiger partial charge in [-0.3, -0.25) is 0 Å². The highest BCUT2D eigenvalue weighted by molar-refractivity contribution is 7.90. The summed E-state index contributed by atoms with van der Waals surface area (Å²) in [5.41, 5.74) is 5.83. The van der Waals surface area contributed by atoms with Crippen molar-refractivity contribution >= 4 is 67.6 Å². The summed E-state index contributed by atoms with van der Waals surface area (Å²) in [4.78, 5) is 9.14. The van der Waals surface area contributed by atoms with Gasteiger partial charge >= 0.3 is 0 Å². The number of ether oxygens (including phenoxy) is 1. The van der Waals surface area contributed by atoms with Gasteiger partial charge in [0.25, 0.3) is 0 Å². The third kappa shape index (κ3) is 9.21. The standard InChI is InChI=1S/C24H17ClN4O2.C19H15ClN4O3S/c25-22-12-9-18(30)14-21(22)16-6-13-23-27-24(28-29(23)15-16)26-17-7-10-20(11-8-17)31-19-4-2-1-3-5-19;1-28(26,27)15-6-3-13(4-7-15)21-19-22-18-9-2-12(11-24(18)23-19)16-10-14(25)5-8-17(16)20/h1-15,30H,(H,26,28);2-11,25H,1H3,(H,21,23). The van der Waals surface area contributed by atoms with E-state index in [0.717, 1.165) is 40.1 Å². The molecule has 0 unspecified atom stereocenters. The number of hydrogen-bond donors (Lipinski definition) is 4. The number of aromatic hydroxyl groups is 2. The smallest absolute Gasteiger partial charge is 0.247 e. The highest BCUT2D eigenvalue weighted by Crippen LogP contribution is 2.33. The average Bonchev–Trinajstić information content (AvgIpc) is 3.83. The number of pyridine rings is 2. The summed E-state index contributed by atoms with van der Waals surface area (Å²) in [6.07, 6.45) is 4.75. The summed E-state index contributed by atoms with van der Waals surface area (Å²) in [6, 6.07) is 40.5. The first kappa shape index (κ1) is 38.7. The Hall–Kier alpha value is -7.13. The Bertz CT molecular complexity index is 3050. The molecule has 0 aliphatic carbocycles. The van der Waals surface area contributed by atoms with E-state index in [4.69, 9.17) is 27.9 Å². The van der Waals surface area contributed by atoms with Crippen molar-refractivity contribution in [3.63, 3.8) is 0 Å². The number of halogens is 2. The van der Waals surface area contributed by atoms with Crippen LogP contribution in [0.15, 0.2) is 157 Å². The first-order valence-corrected chi connectivity index (χ1v) is 20.5. The second kappa shape index (κ2) is 16.4. The first-order chi connectivity index (χ1) is 28.4. The number of anilines is 4. The van der Waals surface area contributed by atoms with Gasteiger partial charge in [0, 0.05) is 62.3 Å². The molecule has 9 rings (SSSR count). The zero-order chi connectivity index (χ0) is 41.1. The van der Waals surface area contributed by atoms with Crippen molar-refractivity contribution in [3.05, 3.63) is 162 Å². The van der Waals surface area contributed by atoms with Gasteiger partial charge in [-0.1, -0.05) is 41.4 Å². The van der Waals surface area contributed by atoms with Crippen LogP contribution in [-0.2, 0) is 9.84 Å². The fourth-order valence-corrected chi connectivity index (χ4v) is 7.02. The molecule has 0 atom stereocenters. The Morgan fingerprint density at radius 2 is 1.03 bits per heavy atom. The van der Waals surface area contributed by atoms with Crippen molar-refractivity contribution in [2.24, 2.45) is 0 Å². The molecular weight excluding hydrogens is 811 g/mol. The highest BCUT2D eigenvalue weighted by Gasteiger charge is 2.12. The van der Waals surface area contributed by atoms with E-state index in [2.05, 4.69) is 30.8 Å². The maximum atomic E-state index is 11.5. The lowest BCUT2D eigenvalue weighted by Crippen LogP contribution is -1.98. The van der Waals surface area contributed by atoms with E-state index in [1.807, 2.05) is 79.0 Å². The zero-order valence-electron chi connectivity index (χ0n) is 30.9. The molecule has 13 nitrogen and oxygen atoms in total. The maximum absolute atomic E-state index is 11.5. The Morgan fingerprint density at radius 1 is 0.576 bits per heavy atom. The van der Waals surface area contributed by atoms with Crippen LogP contribution in [0, 0.1) is 0 Å². The number of sulfone groups is 1. The van der Waals surface area contributed by atoms with E-state index in [-0.39, 0.29) is 16.4 Å². The van der Waals surface area contributed by atoms with Crippen molar-refractivity contribution in [2.45, 2.75) is 4.90 Å². The third-order valence-corrected chi connectivity index (χ3v) is 10.6. The Kier molecular flexibility index (Phi) is 10.8. The molecule has 4 heterocycles. The monoisotopic (exact) mass is 842 g/mol. The number of phenolic OH excluding ortho intramolecular Hbond substituents is 2. The van der Waals surface area contributed by atoms with Gasteiger partial charge in [-0.15, -0.1) is 10.2 Å². The molecule has 0 aliphatic rings. The van der Waals surface area contributed by atoms with Crippen LogP contribution in [0.5, 0.6) is 23.0 Å². The van der Waals surface area contributed by atoms with Crippen LogP contribution in [0.3, 0.4) is 0 Å². The molecule has 0 amide bonds. The van der Waals surface area contributed by atoms with Crippen molar-refractivity contribution in [2.75, 3.05) is 16.9 Å². The number of fused-ring (bicyclic) bond motifs is 2. The minimum absolute atomic E-state index is 0.123. The topological polar surface area (TPSA) is 168 Å². The fraction of sp³-hybridized carbons (Fsp3) is 0.0233. The molecule has 4 aromatic heterocycles. The summed E-state index contributed by atoms with van der Waals surface area (Å²) in [6.45, 7) is 0. The van der Waals surface area contributed by atoms with Crippen LogP contribution in [0.4, 0.5) is 23.3 Å². The molecular formula is C43H32Cl2N8O5S. The molecule has 0 saturated heterocycles. The molecule has 0 radical (unpaired) electrons. The molecule has 5 aromatic carbocycles.